The van der Waals surface area contributed by atoms with Crippen LogP contribution in [0.1, 0.15) is 20.8 Å². The number of morpholine rings is 1. The summed E-state index contributed by atoms with van der Waals surface area (Å²) in [5.74, 6) is 0.142. The second-order valence-electron chi connectivity index (χ2n) is 6.27. The van der Waals surface area contributed by atoms with E-state index in [1.165, 1.54) is 10.4 Å². The molecule has 0 radical (unpaired) electrons. The number of carbonyl (C=O) groups excluding carboxylic acids is 1. The van der Waals surface area contributed by atoms with Gasteiger partial charge < -0.3 is 19.7 Å². The van der Waals surface area contributed by atoms with E-state index in [9.17, 15) is 13.2 Å². The summed E-state index contributed by atoms with van der Waals surface area (Å²) in [7, 11) is -3.70. The Bertz CT molecular complexity index is 729. The molecule has 8 nitrogen and oxygen atoms in total. The zero-order chi connectivity index (χ0) is 19.9. The van der Waals surface area contributed by atoms with E-state index in [0.29, 0.717) is 50.9 Å². The van der Waals surface area contributed by atoms with E-state index in [2.05, 4.69) is 5.32 Å². The van der Waals surface area contributed by atoms with Gasteiger partial charge in [0.15, 0.2) is 6.54 Å². The van der Waals surface area contributed by atoms with E-state index in [0.717, 1.165) is 18.0 Å². The maximum atomic E-state index is 13.0. The Hall–Kier alpha value is -1.68. The van der Waals surface area contributed by atoms with Gasteiger partial charge in [0.2, 0.25) is 10.0 Å². The summed E-state index contributed by atoms with van der Waals surface area (Å²) < 4.78 is 38.1. The first-order chi connectivity index (χ1) is 12.9. The van der Waals surface area contributed by atoms with Crippen LogP contribution in [-0.2, 0) is 19.6 Å². The van der Waals surface area contributed by atoms with Crippen LogP contribution in [0.5, 0.6) is 5.75 Å². The smallest absolute Gasteiger partial charge is 0.279 e. The average molecular weight is 401 g/mol. The summed E-state index contributed by atoms with van der Waals surface area (Å²) in [6.07, 6.45) is 0. The van der Waals surface area contributed by atoms with Crippen LogP contribution in [-0.4, -0.2) is 71.2 Å². The molecule has 0 atom stereocenters. The van der Waals surface area contributed by atoms with Crippen molar-refractivity contribution in [2.24, 2.45) is 0 Å². The molecule has 0 spiro atoms. The second kappa shape index (κ2) is 10.0. The van der Waals surface area contributed by atoms with Crippen LogP contribution < -0.4 is 15.0 Å². The lowest BCUT2D eigenvalue weighted by Gasteiger charge is -2.23. The van der Waals surface area contributed by atoms with Gasteiger partial charge in [-0.1, -0.05) is 13.8 Å². The highest BCUT2D eigenvalue weighted by molar-refractivity contribution is 7.89. The molecular weight excluding hydrogens is 370 g/mol. The molecule has 0 bridgehead atoms. The highest BCUT2D eigenvalue weighted by atomic mass is 32.2. The maximum absolute atomic E-state index is 13.0. The van der Waals surface area contributed by atoms with Crippen molar-refractivity contribution >= 4 is 21.6 Å². The lowest BCUT2D eigenvalue weighted by Crippen LogP contribution is -3.15. The number of rotatable bonds is 9. The number of amides is 1. The number of nitrogens with one attached hydrogen (secondary N) is 2. The van der Waals surface area contributed by atoms with Crippen LogP contribution in [0.15, 0.2) is 23.1 Å². The molecular formula is C18H30N3O5S+. The quantitative estimate of drug-likeness (QED) is 0.608. The maximum Gasteiger partial charge on any atom is 0.279 e. The van der Waals surface area contributed by atoms with Crippen molar-refractivity contribution in [2.75, 3.05) is 57.9 Å². The molecule has 0 unspecified atom stereocenters. The van der Waals surface area contributed by atoms with Gasteiger partial charge in [-0.25, -0.2) is 8.42 Å². The Morgan fingerprint density at radius 2 is 1.89 bits per heavy atom. The van der Waals surface area contributed by atoms with Gasteiger partial charge in [0.05, 0.1) is 19.8 Å². The number of sulfonamides is 1. The minimum atomic E-state index is -3.70. The second-order valence-corrected chi connectivity index (χ2v) is 8.18. The zero-order valence-electron chi connectivity index (χ0n) is 16.3. The Kier molecular flexibility index (Phi) is 8.03. The highest BCUT2D eigenvalue weighted by Gasteiger charge is 2.26. The SMILES string of the molecule is CCOc1ccc(NC(=O)C[NH+]2CCOCC2)cc1S(=O)(=O)N(CC)CC. The third-order valence-electron chi connectivity index (χ3n) is 4.46. The molecule has 1 aromatic rings. The minimum absolute atomic E-state index is 0.0737. The molecule has 1 aliphatic rings. The first-order valence-electron chi connectivity index (χ1n) is 9.40. The standard InChI is InChI=1S/C18H29N3O5S/c1-4-21(5-2)27(23,24)17-13-15(7-8-16(17)26-6-3)19-18(22)14-20-9-11-25-12-10-20/h7-8,13H,4-6,9-12,14H2,1-3H3,(H,19,22)/p+1. The third-order valence-corrected chi connectivity index (χ3v) is 6.53. The van der Waals surface area contributed by atoms with Gasteiger partial charge in [-0.15, -0.1) is 0 Å². The minimum Gasteiger partial charge on any atom is -0.492 e. The topological polar surface area (TPSA) is 89.4 Å². The summed E-state index contributed by atoms with van der Waals surface area (Å²) in [5, 5.41) is 2.81. The first kappa shape index (κ1) is 21.6. The lowest BCUT2D eigenvalue weighted by atomic mass is 10.3. The zero-order valence-corrected chi connectivity index (χ0v) is 17.1. The Labute approximate surface area is 161 Å². The van der Waals surface area contributed by atoms with Crippen molar-refractivity contribution in [3.8, 4) is 5.75 Å². The summed E-state index contributed by atoms with van der Waals surface area (Å²) in [4.78, 5) is 13.6. The fraction of sp³-hybridized carbons (Fsp3) is 0.611. The van der Waals surface area contributed by atoms with Crippen molar-refractivity contribution in [1.29, 1.82) is 0 Å². The van der Waals surface area contributed by atoms with Gasteiger partial charge in [-0.05, 0) is 25.1 Å². The van der Waals surface area contributed by atoms with E-state index < -0.39 is 10.0 Å². The normalized spacial score (nSPS) is 15.7. The van der Waals surface area contributed by atoms with Crippen molar-refractivity contribution in [1.82, 2.24) is 4.31 Å². The fourth-order valence-electron chi connectivity index (χ4n) is 3.03. The Balaban J connectivity index is 2.22. The molecule has 1 amide bonds. The Morgan fingerprint density at radius 3 is 2.48 bits per heavy atom. The van der Waals surface area contributed by atoms with Gasteiger partial charge in [0.1, 0.15) is 23.7 Å². The van der Waals surface area contributed by atoms with Crippen LogP contribution in [0.3, 0.4) is 0 Å². The van der Waals surface area contributed by atoms with Gasteiger partial charge in [-0.2, -0.15) is 4.31 Å². The van der Waals surface area contributed by atoms with Gasteiger partial charge >= 0.3 is 0 Å². The van der Waals surface area contributed by atoms with Crippen LogP contribution >= 0.6 is 0 Å². The molecule has 0 aliphatic carbocycles. The van der Waals surface area contributed by atoms with E-state index >= 15 is 0 Å². The largest absolute Gasteiger partial charge is 0.492 e. The van der Waals surface area contributed by atoms with Crippen LogP contribution in [0.2, 0.25) is 0 Å². The summed E-state index contributed by atoms with van der Waals surface area (Å²) in [6, 6.07) is 4.74. The van der Waals surface area contributed by atoms with Crippen LogP contribution in [0.4, 0.5) is 5.69 Å². The number of anilines is 1. The van der Waals surface area contributed by atoms with Crippen molar-refractivity contribution in [2.45, 2.75) is 25.7 Å². The molecule has 152 valence electrons. The van der Waals surface area contributed by atoms with Gasteiger partial charge in [0.25, 0.3) is 5.91 Å². The number of hydrogen-bond acceptors (Lipinski definition) is 5. The molecule has 27 heavy (non-hydrogen) atoms. The molecule has 2 N–H and O–H groups in total. The third kappa shape index (κ3) is 5.65. The van der Waals surface area contributed by atoms with Crippen molar-refractivity contribution in [3.05, 3.63) is 18.2 Å². The highest BCUT2D eigenvalue weighted by Crippen LogP contribution is 2.30. The predicted octanol–water partition coefficient (Wildman–Crippen LogP) is -0.0306. The van der Waals surface area contributed by atoms with Crippen LogP contribution in [0, 0.1) is 0 Å². The molecule has 0 aromatic heterocycles. The number of carbonyl (C=O) groups is 1. The van der Waals surface area contributed by atoms with Crippen molar-refractivity contribution in [3.63, 3.8) is 0 Å². The average Bonchev–Trinajstić information content (AvgIpc) is 2.64. The Morgan fingerprint density at radius 1 is 1.22 bits per heavy atom. The molecule has 9 heteroatoms. The molecule has 1 aliphatic heterocycles. The lowest BCUT2D eigenvalue weighted by molar-refractivity contribution is -0.899. The van der Waals surface area contributed by atoms with Crippen LogP contribution in [0.25, 0.3) is 0 Å². The number of quaternary nitrogens is 1. The monoisotopic (exact) mass is 400 g/mol. The first-order valence-corrected chi connectivity index (χ1v) is 10.8. The molecule has 2 rings (SSSR count). The number of ether oxygens (including phenoxy) is 2. The molecule has 1 aromatic carbocycles. The number of hydrogen-bond donors (Lipinski definition) is 2. The van der Waals surface area contributed by atoms with E-state index in [1.807, 2.05) is 0 Å². The molecule has 1 heterocycles. The summed E-state index contributed by atoms with van der Waals surface area (Å²) in [6.45, 7) is 9.67. The van der Waals surface area contributed by atoms with Gasteiger partial charge in [0, 0.05) is 18.8 Å². The summed E-state index contributed by atoms with van der Waals surface area (Å²) >= 11 is 0. The van der Waals surface area contributed by atoms with E-state index in [1.54, 1.807) is 32.9 Å². The van der Waals surface area contributed by atoms with Crippen molar-refractivity contribution < 1.29 is 27.6 Å². The number of nitrogens with zero attached hydrogens (tertiary/aromatic N) is 1. The molecule has 1 fully saturated rings. The van der Waals surface area contributed by atoms with E-state index in [-0.39, 0.29) is 10.8 Å². The number of benzene rings is 1. The fourth-order valence-corrected chi connectivity index (χ4v) is 4.65. The van der Waals surface area contributed by atoms with Gasteiger partial charge in [-0.3, -0.25) is 4.79 Å². The predicted molar refractivity (Wildman–Crippen MR) is 103 cm³/mol. The van der Waals surface area contributed by atoms with E-state index in [4.69, 9.17) is 9.47 Å². The molecule has 1 saturated heterocycles. The summed E-state index contributed by atoms with van der Waals surface area (Å²) in [5.41, 5.74) is 0.446. The molecule has 0 saturated carbocycles.